The molecule has 1 aliphatic heterocycles. The largest absolute Gasteiger partial charge is 0.465 e. The number of H-pyrrole nitrogens is 1. The van der Waals surface area contributed by atoms with Gasteiger partial charge >= 0.3 is 11.9 Å². The van der Waals surface area contributed by atoms with Gasteiger partial charge in [-0.15, -0.1) is 0 Å². The van der Waals surface area contributed by atoms with E-state index in [9.17, 15) is 27.2 Å². The number of hydrogen-bond acceptors (Lipinski definition) is 7. The average molecular weight is 495 g/mol. The molecule has 2 aromatic rings. The number of hydrogen-bond donors (Lipinski definition) is 1. The molecule has 0 spiro atoms. The van der Waals surface area contributed by atoms with E-state index in [4.69, 9.17) is 9.47 Å². The fourth-order valence-electron chi connectivity index (χ4n) is 3.96. The fraction of sp³-hybridized carbons (Fsp3) is 0.435. The Morgan fingerprint density at radius 2 is 1.74 bits per heavy atom. The highest BCUT2D eigenvalue weighted by Crippen LogP contribution is 2.25. The number of carbonyl (C=O) groups is 3. The van der Waals surface area contributed by atoms with Crippen LogP contribution in [0.15, 0.2) is 23.1 Å². The van der Waals surface area contributed by atoms with Gasteiger partial charge in [0.05, 0.1) is 23.9 Å². The summed E-state index contributed by atoms with van der Waals surface area (Å²) in [5, 5.41) is 0. The van der Waals surface area contributed by atoms with Crippen molar-refractivity contribution in [2.75, 3.05) is 20.2 Å². The number of carbonyl (C=O) groups excluding carboxylic acids is 3. The van der Waals surface area contributed by atoms with Gasteiger partial charge < -0.3 is 14.5 Å². The number of esters is 2. The maximum Gasteiger partial charge on any atom is 0.339 e. The number of ether oxygens (including phenoxy) is 2. The van der Waals surface area contributed by atoms with Crippen LogP contribution in [0.25, 0.3) is 0 Å². The van der Waals surface area contributed by atoms with Crippen LogP contribution in [-0.4, -0.2) is 61.7 Å². The molecule has 1 atom stereocenters. The molecule has 9 nitrogen and oxygen atoms in total. The van der Waals surface area contributed by atoms with Crippen molar-refractivity contribution in [1.29, 1.82) is 0 Å². The van der Waals surface area contributed by atoms with Crippen molar-refractivity contribution in [3.8, 4) is 0 Å². The molecule has 1 aliphatic rings. The molecule has 0 radical (unpaired) electrons. The van der Waals surface area contributed by atoms with Gasteiger partial charge in [-0.1, -0.05) is 6.42 Å². The van der Waals surface area contributed by atoms with Gasteiger partial charge in [-0.25, -0.2) is 22.4 Å². The molecule has 0 aliphatic carbocycles. The molecule has 34 heavy (non-hydrogen) atoms. The summed E-state index contributed by atoms with van der Waals surface area (Å²) in [6.07, 6.45) is 0.991. The monoisotopic (exact) mass is 494 g/mol. The van der Waals surface area contributed by atoms with Crippen LogP contribution < -0.4 is 0 Å². The van der Waals surface area contributed by atoms with Crippen molar-refractivity contribution in [3.63, 3.8) is 0 Å². The average Bonchev–Trinajstić information content (AvgIpc) is 3.12. The van der Waals surface area contributed by atoms with Crippen LogP contribution in [0, 0.1) is 19.7 Å². The van der Waals surface area contributed by atoms with E-state index < -0.39 is 44.6 Å². The van der Waals surface area contributed by atoms with Crippen molar-refractivity contribution in [3.05, 3.63) is 52.1 Å². The second kappa shape index (κ2) is 10.1. The maximum absolute atomic E-state index is 14.4. The van der Waals surface area contributed by atoms with Gasteiger partial charge in [-0.2, -0.15) is 4.31 Å². The van der Waals surface area contributed by atoms with Crippen molar-refractivity contribution in [1.82, 2.24) is 9.29 Å². The molecule has 0 bridgehead atoms. The number of methoxy groups -OCH3 is 1. The third kappa shape index (κ3) is 4.90. The van der Waals surface area contributed by atoms with Crippen LogP contribution in [0.4, 0.5) is 4.39 Å². The fourth-order valence-corrected chi connectivity index (χ4v) is 5.57. The molecule has 1 saturated heterocycles. The zero-order chi connectivity index (χ0) is 25.2. The summed E-state index contributed by atoms with van der Waals surface area (Å²) in [5.41, 5.74) is 0.888. The normalized spacial score (nSPS) is 15.6. The Bertz CT molecular complexity index is 1230. The number of aryl methyl sites for hydroxylation is 1. The van der Waals surface area contributed by atoms with Crippen LogP contribution >= 0.6 is 0 Å². The second-order valence-corrected chi connectivity index (χ2v) is 10.0. The van der Waals surface area contributed by atoms with Crippen molar-refractivity contribution in [2.24, 2.45) is 0 Å². The molecule has 1 aromatic carbocycles. The predicted molar refractivity (Wildman–Crippen MR) is 120 cm³/mol. The number of nitrogens with zero attached hydrogens (tertiary/aromatic N) is 1. The van der Waals surface area contributed by atoms with Crippen LogP contribution in [0.3, 0.4) is 0 Å². The van der Waals surface area contributed by atoms with Crippen molar-refractivity contribution >= 4 is 27.7 Å². The first kappa shape index (κ1) is 25.6. The number of nitrogens with one attached hydrogen (secondary N) is 1. The van der Waals surface area contributed by atoms with Crippen LogP contribution in [-0.2, 0) is 19.5 Å². The highest BCUT2D eigenvalue weighted by atomic mass is 32.2. The SMILES string of the molecule is COC(=O)c1c(C)[nH]c(C(=O)C(C)OC(=O)c2ccc(F)c(S(=O)(=O)N3CCCCC3)c2)c1C. The first-order chi connectivity index (χ1) is 16.0. The van der Waals surface area contributed by atoms with Crippen molar-refractivity contribution < 1.29 is 36.7 Å². The molecule has 11 heteroatoms. The molecule has 1 aromatic heterocycles. The number of piperidine rings is 1. The lowest BCUT2D eigenvalue weighted by molar-refractivity contribution is 0.0316. The van der Waals surface area contributed by atoms with Crippen molar-refractivity contribution in [2.45, 2.75) is 51.0 Å². The van der Waals surface area contributed by atoms with E-state index >= 15 is 0 Å². The van der Waals surface area contributed by atoms with E-state index in [-0.39, 0.29) is 29.9 Å². The lowest BCUT2D eigenvalue weighted by Crippen LogP contribution is -2.36. The zero-order valence-electron chi connectivity index (χ0n) is 19.4. The molecule has 1 N–H and O–H groups in total. The van der Waals surface area contributed by atoms with Gasteiger partial charge in [0.25, 0.3) is 0 Å². The minimum absolute atomic E-state index is 0.0886. The predicted octanol–water partition coefficient (Wildman–Crippen LogP) is 3.16. The van der Waals surface area contributed by atoms with Gasteiger partial charge in [0.15, 0.2) is 6.10 Å². The standard InChI is InChI=1S/C23H27FN2O7S/c1-13-19(23(29)32-4)14(2)25-20(13)21(27)15(3)33-22(28)16-8-9-17(24)18(12-16)34(30,31)26-10-6-5-7-11-26/h8-9,12,15,25H,5-7,10-11H2,1-4H3. The first-order valence-electron chi connectivity index (χ1n) is 10.8. The van der Waals surface area contributed by atoms with Gasteiger partial charge in [0.2, 0.25) is 15.8 Å². The lowest BCUT2D eigenvalue weighted by atomic mass is 10.1. The lowest BCUT2D eigenvalue weighted by Gasteiger charge is -2.26. The van der Waals surface area contributed by atoms with Gasteiger partial charge in [-0.3, -0.25) is 4.79 Å². The molecule has 0 saturated carbocycles. The summed E-state index contributed by atoms with van der Waals surface area (Å²) in [6.45, 7) is 5.09. The quantitative estimate of drug-likeness (QED) is 0.463. The maximum atomic E-state index is 14.4. The Labute approximate surface area is 197 Å². The van der Waals surface area contributed by atoms with E-state index in [2.05, 4.69) is 4.98 Å². The Morgan fingerprint density at radius 1 is 1.09 bits per heavy atom. The number of halogens is 1. The zero-order valence-corrected chi connectivity index (χ0v) is 20.3. The van der Waals surface area contributed by atoms with Crippen LogP contribution in [0.2, 0.25) is 0 Å². The van der Waals surface area contributed by atoms with Gasteiger partial charge in [0.1, 0.15) is 10.7 Å². The molecule has 2 heterocycles. The molecular weight excluding hydrogens is 467 g/mol. The molecule has 3 rings (SSSR count). The smallest absolute Gasteiger partial charge is 0.339 e. The van der Waals surface area contributed by atoms with E-state index in [0.717, 1.165) is 24.6 Å². The third-order valence-electron chi connectivity index (χ3n) is 5.83. The summed E-state index contributed by atoms with van der Waals surface area (Å²) < 4.78 is 51.4. The summed E-state index contributed by atoms with van der Waals surface area (Å²) in [5.74, 6) is -3.15. The number of Topliss-reactive ketones (excluding diaryl/α,β-unsaturated/α-hetero) is 1. The number of benzene rings is 1. The number of sulfonamides is 1. The van der Waals surface area contributed by atoms with E-state index in [1.807, 2.05) is 0 Å². The Hall–Kier alpha value is -3.05. The number of ketones is 1. The summed E-state index contributed by atoms with van der Waals surface area (Å²) >= 11 is 0. The molecule has 1 unspecified atom stereocenters. The summed E-state index contributed by atoms with van der Waals surface area (Å²) in [7, 11) is -2.90. The van der Waals surface area contributed by atoms with Gasteiger partial charge in [-0.05, 0) is 57.4 Å². The molecule has 0 amide bonds. The Balaban J connectivity index is 1.81. The summed E-state index contributed by atoms with van der Waals surface area (Å²) in [6, 6.07) is 2.92. The highest BCUT2D eigenvalue weighted by molar-refractivity contribution is 7.89. The molecule has 1 fully saturated rings. The minimum atomic E-state index is -4.12. The van der Waals surface area contributed by atoms with Crippen LogP contribution in [0.5, 0.6) is 0 Å². The number of rotatable bonds is 7. The Kier molecular flexibility index (Phi) is 7.57. The van der Waals surface area contributed by atoms with E-state index in [1.165, 1.54) is 18.3 Å². The van der Waals surface area contributed by atoms with E-state index in [1.54, 1.807) is 13.8 Å². The van der Waals surface area contributed by atoms with Crippen LogP contribution in [0.1, 0.15) is 68.6 Å². The first-order valence-corrected chi connectivity index (χ1v) is 12.3. The second-order valence-electron chi connectivity index (χ2n) is 8.14. The number of aromatic nitrogens is 1. The molecule has 184 valence electrons. The third-order valence-corrected chi connectivity index (χ3v) is 7.74. The molecular formula is C23H27FN2O7S. The highest BCUT2D eigenvalue weighted by Gasteiger charge is 2.31. The van der Waals surface area contributed by atoms with Gasteiger partial charge in [0, 0.05) is 18.8 Å². The Morgan fingerprint density at radius 3 is 2.35 bits per heavy atom. The topological polar surface area (TPSA) is 123 Å². The summed E-state index contributed by atoms with van der Waals surface area (Å²) in [4.78, 5) is 39.7. The van der Waals surface area contributed by atoms with E-state index in [0.29, 0.717) is 24.1 Å². The number of aromatic amines is 1. The minimum Gasteiger partial charge on any atom is -0.465 e.